The number of carbonyl (C=O) groups is 4. The normalized spacial score (nSPS) is 14.9. The predicted octanol–water partition coefficient (Wildman–Crippen LogP) is 1.15. The molecule has 0 rings (SSSR count). The maximum atomic E-state index is 12.8. The van der Waals surface area contributed by atoms with Gasteiger partial charge in [-0.15, -0.1) is 0 Å². The lowest BCUT2D eigenvalue weighted by molar-refractivity contribution is -0.155. The summed E-state index contributed by atoms with van der Waals surface area (Å²) in [7, 11) is 0. The number of hydrogen-bond acceptors (Lipinski definition) is 5. The van der Waals surface area contributed by atoms with Gasteiger partial charge in [0.05, 0.1) is 0 Å². The summed E-state index contributed by atoms with van der Waals surface area (Å²) in [5.74, 6) is -3.45. The molecule has 3 amide bonds. The molecule has 9 heteroatoms. The highest BCUT2D eigenvalue weighted by molar-refractivity contribution is 5.92. The number of carbonyl (C=O) groups excluding carboxylic acids is 3. The molecule has 0 bridgehead atoms. The standard InChI is InChI=1S/C18H33N3O6/c1-10(2)8-13(9-14(22)20-27)15(23)19-11(3)16(24)21(18(5,6)7)12(4)17(25)26/h10-13,27H,8-9H2,1-7H3,(H,19,23)(H,20,22)(H,25,26)/t11-,12+,13?/m1/s1. The van der Waals surface area contributed by atoms with Gasteiger partial charge < -0.3 is 15.3 Å². The van der Waals surface area contributed by atoms with Crippen LogP contribution in [0.5, 0.6) is 0 Å². The summed E-state index contributed by atoms with van der Waals surface area (Å²) in [5.41, 5.74) is 0.744. The van der Waals surface area contributed by atoms with Gasteiger partial charge in [0, 0.05) is 17.9 Å². The van der Waals surface area contributed by atoms with E-state index in [1.807, 2.05) is 13.8 Å². The Hall–Kier alpha value is -2.16. The van der Waals surface area contributed by atoms with Gasteiger partial charge in [-0.1, -0.05) is 13.8 Å². The largest absolute Gasteiger partial charge is 0.480 e. The van der Waals surface area contributed by atoms with Crippen LogP contribution in [0.25, 0.3) is 0 Å². The Morgan fingerprint density at radius 1 is 1.04 bits per heavy atom. The predicted molar refractivity (Wildman–Crippen MR) is 98.8 cm³/mol. The number of hydroxylamine groups is 1. The summed E-state index contributed by atoms with van der Waals surface area (Å²) in [6.07, 6.45) is 0.185. The quantitative estimate of drug-likeness (QED) is 0.346. The molecule has 0 aliphatic rings. The molecule has 0 aliphatic heterocycles. The molecule has 0 aromatic rings. The van der Waals surface area contributed by atoms with E-state index in [0.29, 0.717) is 6.42 Å². The van der Waals surface area contributed by atoms with E-state index >= 15 is 0 Å². The number of carboxylic acids is 1. The fourth-order valence-corrected chi connectivity index (χ4v) is 2.94. The molecule has 0 radical (unpaired) electrons. The molecule has 0 spiro atoms. The van der Waals surface area contributed by atoms with Crippen LogP contribution < -0.4 is 10.8 Å². The van der Waals surface area contributed by atoms with Gasteiger partial charge in [-0.05, 0) is 47.0 Å². The number of carboxylic acid groups (broad SMARTS) is 1. The van der Waals surface area contributed by atoms with E-state index in [9.17, 15) is 24.3 Å². The Labute approximate surface area is 160 Å². The molecule has 0 aliphatic carbocycles. The molecule has 0 heterocycles. The van der Waals surface area contributed by atoms with Crippen LogP contribution in [-0.2, 0) is 19.2 Å². The van der Waals surface area contributed by atoms with Crippen molar-refractivity contribution in [3.8, 4) is 0 Å². The summed E-state index contributed by atoms with van der Waals surface area (Å²) in [6, 6.07) is -2.03. The van der Waals surface area contributed by atoms with E-state index < -0.39 is 47.2 Å². The van der Waals surface area contributed by atoms with Crippen LogP contribution in [0.3, 0.4) is 0 Å². The number of rotatable bonds is 9. The van der Waals surface area contributed by atoms with Gasteiger partial charge >= 0.3 is 5.97 Å². The van der Waals surface area contributed by atoms with Crippen LogP contribution in [-0.4, -0.2) is 56.5 Å². The summed E-state index contributed by atoms with van der Waals surface area (Å²) >= 11 is 0. The molecule has 3 atom stereocenters. The first-order valence-corrected chi connectivity index (χ1v) is 9.01. The lowest BCUT2D eigenvalue weighted by Crippen LogP contribution is -2.59. The van der Waals surface area contributed by atoms with Crippen LogP contribution in [0.1, 0.15) is 61.3 Å². The highest BCUT2D eigenvalue weighted by Crippen LogP contribution is 2.20. The van der Waals surface area contributed by atoms with E-state index in [1.165, 1.54) is 24.2 Å². The van der Waals surface area contributed by atoms with E-state index in [4.69, 9.17) is 5.21 Å². The van der Waals surface area contributed by atoms with Crippen LogP contribution in [0.4, 0.5) is 0 Å². The Balaban J connectivity index is 5.35. The molecule has 9 nitrogen and oxygen atoms in total. The number of aliphatic carboxylic acids is 1. The van der Waals surface area contributed by atoms with Crippen molar-refractivity contribution in [2.75, 3.05) is 0 Å². The summed E-state index contributed by atoms with van der Waals surface area (Å²) in [5, 5.41) is 20.6. The number of nitrogens with one attached hydrogen (secondary N) is 2. The SMILES string of the molecule is CC(C)CC(CC(=O)NO)C(=O)N[C@H](C)C(=O)N([C@@H](C)C(=O)O)C(C)(C)C. The topological polar surface area (TPSA) is 136 Å². The second-order valence-electron chi connectivity index (χ2n) is 8.19. The Morgan fingerprint density at radius 3 is 1.93 bits per heavy atom. The van der Waals surface area contributed by atoms with Crippen LogP contribution in [0.15, 0.2) is 0 Å². The molecule has 4 N–H and O–H groups in total. The van der Waals surface area contributed by atoms with Crippen molar-refractivity contribution in [2.45, 2.75) is 78.9 Å². The molecule has 27 heavy (non-hydrogen) atoms. The van der Waals surface area contributed by atoms with Crippen molar-refractivity contribution in [3.63, 3.8) is 0 Å². The van der Waals surface area contributed by atoms with Gasteiger partial charge in [-0.25, -0.2) is 10.3 Å². The van der Waals surface area contributed by atoms with Crippen molar-refractivity contribution in [1.29, 1.82) is 0 Å². The highest BCUT2D eigenvalue weighted by atomic mass is 16.5. The zero-order chi connectivity index (χ0) is 21.5. The number of hydrogen-bond donors (Lipinski definition) is 4. The second kappa shape index (κ2) is 10.2. The first-order chi connectivity index (χ1) is 12.2. The Bertz CT molecular complexity index is 556. The molecule has 0 saturated carbocycles. The number of nitrogens with zero attached hydrogens (tertiary/aromatic N) is 1. The lowest BCUT2D eigenvalue weighted by Gasteiger charge is -2.40. The monoisotopic (exact) mass is 387 g/mol. The van der Waals surface area contributed by atoms with Gasteiger partial charge in [-0.3, -0.25) is 19.6 Å². The van der Waals surface area contributed by atoms with Crippen molar-refractivity contribution in [2.24, 2.45) is 11.8 Å². The van der Waals surface area contributed by atoms with E-state index in [0.717, 1.165) is 0 Å². The zero-order valence-electron chi connectivity index (χ0n) is 17.2. The molecular weight excluding hydrogens is 354 g/mol. The molecule has 0 aromatic heterocycles. The summed E-state index contributed by atoms with van der Waals surface area (Å²) < 4.78 is 0. The third-order valence-corrected chi connectivity index (χ3v) is 4.12. The van der Waals surface area contributed by atoms with Crippen molar-refractivity contribution >= 4 is 23.7 Å². The molecule has 0 fully saturated rings. The maximum absolute atomic E-state index is 12.8. The van der Waals surface area contributed by atoms with Crippen molar-refractivity contribution in [3.05, 3.63) is 0 Å². The average molecular weight is 387 g/mol. The Morgan fingerprint density at radius 2 is 1.56 bits per heavy atom. The van der Waals surface area contributed by atoms with E-state index in [2.05, 4.69) is 5.32 Å². The lowest BCUT2D eigenvalue weighted by atomic mass is 9.92. The number of amides is 3. The third-order valence-electron chi connectivity index (χ3n) is 4.12. The second-order valence-corrected chi connectivity index (χ2v) is 8.19. The minimum Gasteiger partial charge on any atom is -0.480 e. The maximum Gasteiger partial charge on any atom is 0.326 e. The fraction of sp³-hybridized carbons (Fsp3) is 0.778. The molecular formula is C18H33N3O6. The van der Waals surface area contributed by atoms with Crippen LogP contribution in [0.2, 0.25) is 0 Å². The smallest absolute Gasteiger partial charge is 0.326 e. The van der Waals surface area contributed by atoms with Crippen LogP contribution in [0, 0.1) is 11.8 Å². The van der Waals surface area contributed by atoms with Gasteiger partial charge in [0.15, 0.2) is 0 Å². The summed E-state index contributed by atoms with van der Waals surface area (Å²) in [6.45, 7) is 11.8. The minimum absolute atomic E-state index is 0.122. The molecule has 0 saturated heterocycles. The van der Waals surface area contributed by atoms with E-state index in [1.54, 1.807) is 20.8 Å². The fourth-order valence-electron chi connectivity index (χ4n) is 2.94. The van der Waals surface area contributed by atoms with Gasteiger partial charge in [0.25, 0.3) is 0 Å². The van der Waals surface area contributed by atoms with Gasteiger partial charge in [-0.2, -0.15) is 0 Å². The van der Waals surface area contributed by atoms with Crippen molar-refractivity contribution in [1.82, 2.24) is 15.7 Å². The van der Waals surface area contributed by atoms with E-state index in [-0.39, 0.29) is 12.3 Å². The molecule has 156 valence electrons. The Kier molecular flexibility index (Phi) is 9.43. The minimum atomic E-state index is -1.14. The van der Waals surface area contributed by atoms with Crippen LogP contribution >= 0.6 is 0 Å². The van der Waals surface area contributed by atoms with Gasteiger partial charge in [0.2, 0.25) is 17.7 Å². The first-order valence-electron chi connectivity index (χ1n) is 9.01. The average Bonchev–Trinajstić information content (AvgIpc) is 2.51. The molecule has 0 aromatic carbocycles. The first kappa shape index (κ1) is 24.8. The third kappa shape index (κ3) is 7.94. The highest BCUT2D eigenvalue weighted by Gasteiger charge is 2.37. The summed E-state index contributed by atoms with van der Waals surface area (Å²) in [4.78, 5) is 49.4. The molecule has 1 unspecified atom stereocenters. The van der Waals surface area contributed by atoms with Gasteiger partial charge in [0.1, 0.15) is 12.1 Å². The zero-order valence-corrected chi connectivity index (χ0v) is 17.2. The van der Waals surface area contributed by atoms with Crippen molar-refractivity contribution < 1.29 is 29.5 Å².